The van der Waals surface area contributed by atoms with Crippen LogP contribution in [0, 0.1) is 5.92 Å². The summed E-state index contributed by atoms with van der Waals surface area (Å²) in [4.78, 5) is 2.37. The zero-order valence-corrected chi connectivity index (χ0v) is 11.0. The highest BCUT2D eigenvalue weighted by molar-refractivity contribution is 6.30. The van der Waals surface area contributed by atoms with Crippen LogP contribution in [0.4, 0.5) is 0 Å². The van der Waals surface area contributed by atoms with Gasteiger partial charge in [-0.05, 0) is 49.5 Å². The molecule has 17 heavy (non-hydrogen) atoms. The fourth-order valence-corrected chi connectivity index (χ4v) is 2.68. The van der Waals surface area contributed by atoms with Crippen LogP contribution < -0.4 is 0 Å². The zero-order chi connectivity index (χ0) is 12.3. The molecular weight excluding hydrogens is 234 g/mol. The molecule has 0 saturated carbocycles. The summed E-state index contributed by atoms with van der Waals surface area (Å²) in [6, 6.07) is 7.93. The highest BCUT2D eigenvalue weighted by Crippen LogP contribution is 2.27. The number of halogens is 1. The van der Waals surface area contributed by atoms with Crippen LogP contribution in [-0.4, -0.2) is 29.7 Å². The maximum Gasteiger partial charge on any atom is 0.0628 e. The van der Waals surface area contributed by atoms with Gasteiger partial charge in [-0.15, -0.1) is 0 Å². The fraction of sp³-hybridized carbons (Fsp3) is 0.571. The summed E-state index contributed by atoms with van der Waals surface area (Å²) in [5.41, 5.74) is 1.12. The van der Waals surface area contributed by atoms with Gasteiger partial charge in [-0.3, -0.25) is 4.90 Å². The first-order valence-corrected chi connectivity index (χ1v) is 6.69. The van der Waals surface area contributed by atoms with Gasteiger partial charge in [-0.25, -0.2) is 0 Å². The third-order valence-electron chi connectivity index (χ3n) is 3.67. The maximum absolute atomic E-state index is 9.60. The topological polar surface area (TPSA) is 23.5 Å². The van der Waals surface area contributed by atoms with Crippen molar-refractivity contribution in [2.24, 2.45) is 5.92 Å². The molecular formula is C14H20ClNO. The molecule has 0 aromatic heterocycles. The van der Waals surface area contributed by atoms with Crippen molar-refractivity contribution >= 4 is 11.6 Å². The minimum Gasteiger partial charge on any atom is -0.394 e. The Morgan fingerprint density at radius 3 is 2.71 bits per heavy atom. The van der Waals surface area contributed by atoms with Crippen LogP contribution in [0.25, 0.3) is 0 Å². The lowest BCUT2D eigenvalue weighted by Gasteiger charge is -2.36. The standard InChI is InChI=1S/C14H20ClNO/c1-11-5-7-16(8-6-11)14(10-17)12-3-2-4-13(15)9-12/h2-4,9,11,14,17H,5-8,10H2,1H3. The summed E-state index contributed by atoms with van der Waals surface area (Å²) in [5.74, 6) is 0.810. The third kappa shape index (κ3) is 3.21. The normalized spacial score (nSPS) is 20.4. The SMILES string of the molecule is CC1CCN(C(CO)c2cccc(Cl)c2)CC1. The smallest absolute Gasteiger partial charge is 0.0628 e. The van der Waals surface area contributed by atoms with Crippen molar-refractivity contribution in [1.29, 1.82) is 0 Å². The van der Waals surface area contributed by atoms with E-state index in [4.69, 9.17) is 11.6 Å². The Morgan fingerprint density at radius 1 is 1.41 bits per heavy atom. The Bertz CT molecular complexity index is 361. The predicted molar refractivity (Wildman–Crippen MR) is 71.2 cm³/mol. The summed E-state index contributed by atoms with van der Waals surface area (Å²) in [6.07, 6.45) is 2.44. The molecule has 2 nitrogen and oxygen atoms in total. The van der Waals surface area contributed by atoms with Crippen LogP contribution in [0.2, 0.25) is 5.02 Å². The van der Waals surface area contributed by atoms with E-state index in [1.165, 1.54) is 12.8 Å². The van der Waals surface area contributed by atoms with Gasteiger partial charge in [-0.1, -0.05) is 30.7 Å². The molecule has 1 N–H and O–H groups in total. The first-order chi connectivity index (χ1) is 8.20. The largest absolute Gasteiger partial charge is 0.394 e. The molecule has 0 radical (unpaired) electrons. The van der Waals surface area contributed by atoms with Gasteiger partial charge in [0.25, 0.3) is 0 Å². The molecule has 0 spiro atoms. The van der Waals surface area contributed by atoms with Gasteiger partial charge >= 0.3 is 0 Å². The van der Waals surface area contributed by atoms with Crippen molar-refractivity contribution < 1.29 is 5.11 Å². The first kappa shape index (κ1) is 12.9. The van der Waals surface area contributed by atoms with Crippen LogP contribution >= 0.6 is 11.6 Å². The molecule has 0 bridgehead atoms. The van der Waals surface area contributed by atoms with E-state index in [9.17, 15) is 5.11 Å². The number of benzene rings is 1. The Balaban J connectivity index is 2.10. The average molecular weight is 254 g/mol. The molecule has 94 valence electrons. The predicted octanol–water partition coefficient (Wildman–Crippen LogP) is 3.11. The van der Waals surface area contributed by atoms with Gasteiger partial charge in [0.15, 0.2) is 0 Å². The maximum atomic E-state index is 9.60. The second kappa shape index (κ2) is 5.85. The molecule has 2 rings (SSSR count). The van der Waals surface area contributed by atoms with Gasteiger partial charge in [-0.2, -0.15) is 0 Å². The summed E-state index contributed by atoms with van der Waals surface area (Å²) >= 11 is 6.01. The van der Waals surface area contributed by atoms with Gasteiger partial charge in [0.1, 0.15) is 0 Å². The lowest BCUT2D eigenvalue weighted by Crippen LogP contribution is -2.37. The molecule has 1 aromatic carbocycles. The number of hydrogen-bond acceptors (Lipinski definition) is 2. The summed E-state index contributed by atoms with van der Waals surface area (Å²) in [7, 11) is 0. The average Bonchev–Trinajstić information content (AvgIpc) is 2.33. The second-order valence-electron chi connectivity index (χ2n) is 4.97. The quantitative estimate of drug-likeness (QED) is 0.895. The summed E-state index contributed by atoms with van der Waals surface area (Å²) < 4.78 is 0. The molecule has 3 heteroatoms. The van der Waals surface area contributed by atoms with E-state index in [0.717, 1.165) is 29.6 Å². The molecule has 0 amide bonds. The molecule has 1 aliphatic heterocycles. The monoisotopic (exact) mass is 253 g/mol. The third-order valence-corrected chi connectivity index (χ3v) is 3.90. The molecule has 1 atom stereocenters. The minimum absolute atomic E-state index is 0.0983. The van der Waals surface area contributed by atoms with E-state index < -0.39 is 0 Å². The number of piperidine rings is 1. The number of likely N-dealkylation sites (tertiary alicyclic amines) is 1. The number of rotatable bonds is 3. The number of aliphatic hydroxyl groups excluding tert-OH is 1. The Labute approximate surface area is 108 Å². The Kier molecular flexibility index (Phi) is 4.43. The van der Waals surface area contributed by atoms with E-state index in [1.54, 1.807) is 0 Å². The van der Waals surface area contributed by atoms with Crippen LogP contribution in [-0.2, 0) is 0 Å². The van der Waals surface area contributed by atoms with E-state index in [2.05, 4.69) is 11.8 Å². The van der Waals surface area contributed by atoms with Crippen molar-refractivity contribution in [1.82, 2.24) is 4.90 Å². The lowest BCUT2D eigenvalue weighted by molar-refractivity contribution is 0.0897. The highest BCUT2D eigenvalue weighted by atomic mass is 35.5. The van der Waals surface area contributed by atoms with Crippen molar-refractivity contribution in [3.05, 3.63) is 34.9 Å². The zero-order valence-electron chi connectivity index (χ0n) is 10.3. The van der Waals surface area contributed by atoms with Gasteiger partial charge in [0, 0.05) is 5.02 Å². The number of nitrogens with zero attached hydrogens (tertiary/aromatic N) is 1. The van der Waals surface area contributed by atoms with Crippen LogP contribution in [0.5, 0.6) is 0 Å². The number of aliphatic hydroxyl groups is 1. The van der Waals surface area contributed by atoms with E-state index in [1.807, 2.05) is 24.3 Å². The van der Waals surface area contributed by atoms with Crippen LogP contribution in [0.15, 0.2) is 24.3 Å². The van der Waals surface area contributed by atoms with E-state index >= 15 is 0 Å². The molecule has 1 aliphatic rings. The molecule has 1 heterocycles. The van der Waals surface area contributed by atoms with Crippen molar-refractivity contribution in [3.8, 4) is 0 Å². The van der Waals surface area contributed by atoms with Crippen LogP contribution in [0.3, 0.4) is 0 Å². The molecule has 1 aromatic rings. The second-order valence-corrected chi connectivity index (χ2v) is 5.41. The Morgan fingerprint density at radius 2 is 2.12 bits per heavy atom. The fourth-order valence-electron chi connectivity index (χ4n) is 2.49. The molecule has 1 unspecified atom stereocenters. The van der Waals surface area contributed by atoms with Crippen molar-refractivity contribution in [3.63, 3.8) is 0 Å². The van der Waals surface area contributed by atoms with Crippen molar-refractivity contribution in [2.75, 3.05) is 19.7 Å². The molecule has 0 aliphatic carbocycles. The van der Waals surface area contributed by atoms with E-state index in [0.29, 0.717) is 0 Å². The lowest BCUT2D eigenvalue weighted by atomic mass is 9.96. The molecule has 1 fully saturated rings. The van der Waals surface area contributed by atoms with E-state index in [-0.39, 0.29) is 12.6 Å². The highest BCUT2D eigenvalue weighted by Gasteiger charge is 2.23. The first-order valence-electron chi connectivity index (χ1n) is 6.31. The van der Waals surface area contributed by atoms with Crippen LogP contribution in [0.1, 0.15) is 31.4 Å². The minimum atomic E-state index is 0.0983. The van der Waals surface area contributed by atoms with Gasteiger partial charge < -0.3 is 5.11 Å². The van der Waals surface area contributed by atoms with Gasteiger partial charge in [0.2, 0.25) is 0 Å². The summed E-state index contributed by atoms with van der Waals surface area (Å²) in [6.45, 7) is 4.59. The number of hydrogen-bond donors (Lipinski definition) is 1. The van der Waals surface area contributed by atoms with Gasteiger partial charge in [0.05, 0.1) is 12.6 Å². The summed E-state index contributed by atoms with van der Waals surface area (Å²) in [5, 5.41) is 10.3. The van der Waals surface area contributed by atoms with Crippen molar-refractivity contribution in [2.45, 2.75) is 25.8 Å². The molecule has 1 saturated heterocycles. The Hall–Kier alpha value is -0.570.